The molecule has 0 amide bonds. The molecule has 0 saturated carbocycles. The van der Waals surface area contributed by atoms with Crippen LogP contribution in [0.4, 0.5) is 11.4 Å². The molecule has 0 radical (unpaired) electrons. The lowest BCUT2D eigenvalue weighted by Crippen LogP contribution is -2.41. The Kier molecular flexibility index (Phi) is 3.61. The number of anilines is 1. The van der Waals surface area contributed by atoms with Crippen molar-refractivity contribution in [2.75, 3.05) is 18.4 Å². The van der Waals surface area contributed by atoms with E-state index in [0.29, 0.717) is 17.8 Å². The maximum Gasteiger partial charge on any atom is 0.295 e. The maximum atomic E-state index is 11.3. The molecule has 5 heteroatoms. The predicted molar refractivity (Wildman–Crippen MR) is 79.1 cm³/mol. The van der Waals surface area contributed by atoms with Gasteiger partial charge in [-0.1, -0.05) is 18.6 Å². The Morgan fingerprint density at radius 3 is 2.95 bits per heavy atom. The van der Waals surface area contributed by atoms with E-state index in [2.05, 4.69) is 10.2 Å². The van der Waals surface area contributed by atoms with Crippen LogP contribution >= 0.6 is 0 Å². The molecule has 0 aromatic heterocycles. The predicted octanol–water partition coefficient (Wildman–Crippen LogP) is 2.94. The fraction of sp³-hybridized carbons (Fsp3) is 0.600. The number of benzene rings is 1. The Morgan fingerprint density at radius 1 is 1.30 bits per heavy atom. The van der Waals surface area contributed by atoms with Crippen molar-refractivity contribution in [3.05, 3.63) is 33.9 Å². The standard InChI is InChI=1S/C15H21N3O2/c1-11-5-4-6-13(15(11)18(19)20)16-12-8-10-17-9-3-2-7-14(12)17/h4-6,12,14,16H,2-3,7-10H2,1H3. The first-order valence-electron chi connectivity index (χ1n) is 7.41. The second-order valence-corrected chi connectivity index (χ2v) is 5.87. The summed E-state index contributed by atoms with van der Waals surface area (Å²) in [4.78, 5) is 13.5. The Hall–Kier alpha value is -1.62. The van der Waals surface area contributed by atoms with Crippen LogP contribution in [0.3, 0.4) is 0 Å². The van der Waals surface area contributed by atoms with Crippen LogP contribution in [0.2, 0.25) is 0 Å². The third kappa shape index (κ3) is 2.38. The lowest BCUT2D eigenvalue weighted by molar-refractivity contribution is -0.384. The molecule has 0 bridgehead atoms. The van der Waals surface area contributed by atoms with Crippen LogP contribution in [-0.2, 0) is 0 Å². The van der Waals surface area contributed by atoms with Gasteiger partial charge in [0.2, 0.25) is 0 Å². The molecule has 2 fully saturated rings. The number of nitro groups is 1. The van der Waals surface area contributed by atoms with Gasteiger partial charge in [-0.15, -0.1) is 0 Å². The topological polar surface area (TPSA) is 58.4 Å². The van der Waals surface area contributed by atoms with E-state index in [0.717, 1.165) is 18.5 Å². The smallest absolute Gasteiger partial charge is 0.295 e. The fourth-order valence-corrected chi connectivity index (χ4v) is 3.63. The zero-order valence-electron chi connectivity index (χ0n) is 11.8. The van der Waals surface area contributed by atoms with Crippen molar-refractivity contribution in [1.29, 1.82) is 0 Å². The summed E-state index contributed by atoms with van der Waals surface area (Å²) in [6, 6.07) is 6.40. The van der Waals surface area contributed by atoms with Crippen molar-refractivity contribution in [2.45, 2.75) is 44.7 Å². The number of rotatable bonds is 3. The minimum Gasteiger partial charge on any atom is -0.375 e. The molecule has 1 aromatic carbocycles. The minimum absolute atomic E-state index is 0.224. The van der Waals surface area contributed by atoms with Crippen molar-refractivity contribution >= 4 is 11.4 Å². The molecule has 2 unspecified atom stereocenters. The number of aryl methyl sites for hydroxylation is 1. The van der Waals surface area contributed by atoms with Gasteiger partial charge in [-0.25, -0.2) is 0 Å². The Labute approximate surface area is 119 Å². The summed E-state index contributed by atoms with van der Waals surface area (Å²) in [7, 11) is 0. The summed E-state index contributed by atoms with van der Waals surface area (Å²) in [5, 5.41) is 14.7. The fourth-order valence-electron chi connectivity index (χ4n) is 3.63. The summed E-state index contributed by atoms with van der Waals surface area (Å²) in [5.41, 5.74) is 1.62. The summed E-state index contributed by atoms with van der Waals surface area (Å²) in [6.07, 6.45) is 4.84. The van der Waals surface area contributed by atoms with Crippen molar-refractivity contribution in [3.63, 3.8) is 0 Å². The summed E-state index contributed by atoms with van der Waals surface area (Å²) < 4.78 is 0. The largest absolute Gasteiger partial charge is 0.375 e. The average molecular weight is 275 g/mol. The second kappa shape index (κ2) is 5.40. The molecule has 2 saturated heterocycles. The Bertz CT molecular complexity index is 518. The molecule has 2 atom stereocenters. The molecule has 5 nitrogen and oxygen atoms in total. The highest BCUT2D eigenvalue weighted by Gasteiger charge is 2.36. The molecule has 3 rings (SSSR count). The van der Waals surface area contributed by atoms with Gasteiger partial charge in [0.1, 0.15) is 5.69 Å². The van der Waals surface area contributed by atoms with Crippen molar-refractivity contribution in [3.8, 4) is 0 Å². The molecule has 2 aliphatic heterocycles. The van der Waals surface area contributed by atoms with Gasteiger partial charge in [-0.3, -0.25) is 15.0 Å². The number of piperidine rings is 1. The van der Waals surface area contributed by atoms with E-state index in [1.54, 1.807) is 13.0 Å². The normalized spacial score (nSPS) is 26.2. The summed E-state index contributed by atoms with van der Waals surface area (Å²) in [5.74, 6) is 0. The third-order valence-electron chi connectivity index (χ3n) is 4.62. The van der Waals surface area contributed by atoms with Crippen LogP contribution in [0, 0.1) is 17.0 Å². The van der Waals surface area contributed by atoms with Gasteiger partial charge in [0, 0.05) is 24.2 Å². The molecule has 20 heavy (non-hydrogen) atoms. The summed E-state index contributed by atoms with van der Waals surface area (Å²) >= 11 is 0. The van der Waals surface area contributed by atoms with E-state index >= 15 is 0 Å². The van der Waals surface area contributed by atoms with E-state index in [4.69, 9.17) is 0 Å². The highest BCUT2D eigenvalue weighted by molar-refractivity contribution is 5.65. The van der Waals surface area contributed by atoms with Crippen LogP contribution in [0.15, 0.2) is 18.2 Å². The van der Waals surface area contributed by atoms with Crippen molar-refractivity contribution in [1.82, 2.24) is 4.90 Å². The van der Waals surface area contributed by atoms with Gasteiger partial charge in [0.25, 0.3) is 5.69 Å². The zero-order chi connectivity index (χ0) is 14.1. The molecule has 0 aliphatic carbocycles. The van der Waals surface area contributed by atoms with E-state index < -0.39 is 0 Å². The Balaban J connectivity index is 1.81. The minimum atomic E-state index is -0.273. The van der Waals surface area contributed by atoms with E-state index in [1.165, 1.54) is 25.8 Å². The van der Waals surface area contributed by atoms with Crippen LogP contribution in [0.1, 0.15) is 31.2 Å². The van der Waals surface area contributed by atoms with Gasteiger partial charge in [0.15, 0.2) is 0 Å². The van der Waals surface area contributed by atoms with Crippen LogP contribution in [0.5, 0.6) is 0 Å². The van der Waals surface area contributed by atoms with E-state index in [9.17, 15) is 10.1 Å². The molecule has 0 spiro atoms. The molecule has 2 aliphatic rings. The van der Waals surface area contributed by atoms with Gasteiger partial charge in [0.05, 0.1) is 4.92 Å². The van der Waals surface area contributed by atoms with E-state index in [1.807, 2.05) is 12.1 Å². The highest BCUT2D eigenvalue weighted by Crippen LogP contribution is 2.33. The molecule has 1 aromatic rings. The number of fused-ring (bicyclic) bond motifs is 1. The lowest BCUT2D eigenvalue weighted by atomic mass is 9.98. The number of nitro benzene ring substituents is 1. The first-order chi connectivity index (χ1) is 9.66. The van der Waals surface area contributed by atoms with Gasteiger partial charge < -0.3 is 5.32 Å². The molecular weight excluding hydrogens is 254 g/mol. The van der Waals surface area contributed by atoms with Gasteiger partial charge >= 0.3 is 0 Å². The van der Waals surface area contributed by atoms with Crippen molar-refractivity contribution in [2.24, 2.45) is 0 Å². The number of nitrogens with zero attached hydrogens (tertiary/aromatic N) is 2. The third-order valence-corrected chi connectivity index (χ3v) is 4.62. The lowest BCUT2D eigenvalue weighted by Gasteiger charge is -2.32. The number of hydrogen-bond donors (Lipinski definition) is 1. The Morgan fingerprint density at radius 2 is 2.15 bits per heavy atom. The molecule has 2 heterocycles. The number of para-hydroxylation sites is 1. The highest BCUT2D eigenvalue weighted by atomic mass is 16.6. The first kappa shape index (κ1) is 13.4. The van der Waals surface area contributed by atoms with Gasteiger partial charge in [-0.05, 0) is 38.8 Å². The van der Waals surface area contributed by atoms with Gasteiger partial charge in [-0.2, -0.15) is 0 Å². The van der Waals surface area contributed by atoms with Crippen LogP contribution in [0.25, 0.3) is 0 Å². The molecular formula is C15H21N3O2. The van der Waals surface area contributed by atoms with Crippen LogP contribution < -0.4 is 5.32 Å². The monoisotopic (exact) mass is 275 g/mol. The molecule has 108 valence electrons. The van der Waals surface area contributed by atoms with Crippen molar-refractivity contribution < 1.29 is 4.92 Å². The number of nitrogens with one attached hydrogen (secondary N) is 1. The second-order valence-electron chi connectivity index (χ2n) is 5.87. The maximum absolute atomic E-state index is 11.3. The SMILES string of the molecule is Cc1cccc(NC2CCN3CCCCC23)c1[N+](=O)[O-]. The first-order valence-corrected chi connectivity index (χ1v) is 7.41. The summed E-state index contributed by atoms with van der Waals surface area (Å²) in [6.45, 7) is 4.09. The van der Waals surface area contributed by atoms with Crippen LogP contribution in [-0.4, -0.2) is 35.0 Å². The van der Waals surface area contributed by atoms with E-state index in [-0.39, 0.29) is 10.6 Å². The zero-order valence-corrected chi connectivity index (χ0v) is 11.8. The average Bonchev–Trinajstić information content (AvgIpc) is 2.82. The molecule has 1 N–H and O–H groups in total. The quantitative estimate of drug-likeness (QED) is 0.680. The number of hydrogen-bond acceptors (Lipinski definition) is 4.